The van der Waals surface area contributed by atoms with Crippen LogP contribution in [0.2, 0.25) is 0 Å². The van der Waals surface area contributed by atoms with Crippen LogP contribution >= 0.6 is 0 Å². The van der Waals surface area contributed by atoms with Crippen LogP contribution in [0.5, 0.6) is 5.88 Å². The molecule has 0 radical (unpaired) electrons. The van der Waals surface area contributed by atoms with Crippen LogP contribution in [0.25, 0.3) is 5.52 Å². The Morgan fingerprint density at radius 1 is 1.50 bits per heavy atom. The van der Waals surface area contributed by atoms with Crippen molar-refractivity contribution in [3.8, 4) is 5.88 Å². The van der Waals surface area contributed by atoms with E-state index in [-0.39, 0.29) is 11.4 Å². The lowest BCUT2D eigenvalue weighted by Gasteiger charge is -2.02. The van der Waals surface area contributed by atoms with Crippen molar-refractivity contribution in [1.29, 1.82) is 0 Å². The number of carboxylic acid groups (broad SMARTS) is 1. The summed E-state index contributed by atoms with van der Waals surface area (Å²) in [5.41, 5.74) is -1.15. The number of alkyl halides is 3. The minimum atomic E-state index is -4.59. The zero-order valence-corrected chi connectivity index (χ0v) is 8.68. The lowest BCUT2D eigenvalue weighted by molar-refractivity contribution is -0.141. The number of carbonyl (C=O) groups is 1. The molecule has 0 bridgehead atoms. The minimum Gasteiger partial charge on any atom is -0.479 e. The van der Waals surface area contributed by atoms with Crippen molar-refractivity contribution in [3.05, 3.63) is 24.2 Å². The Bertz CT molecular complexity index is 593. The lowest BCUT2D eigenvalue weighted by atomic mass is 10.4. The van der Waals surface area contributed by atoms with Crippen LogP contribution in [0.4, 0.5) is 13.2 Å². The first kappa shape index (κ1) is 12.1. The minimum absolute atomic E-state index is 0.0499. The van der Waals surface area contributed by atoms with E-state index < -0.39 is 24.4 Å². The van der Waals surface area contributed by atoms with E-state index in [9.17, 15) is 18.0 Å². The van der Waals surface area contributed by atoms with E-state index in [0.29, 0.717) is 0 Å². The Morgan fingerprint density at radius 2 is 2.22 bits per heavy atom. The van der Waals surface area contributed by atoms with E-state index in [1.807, 2.05) is 0 Å². The van der Waals surface area contributed by atoms with Gasteiger partial charge in [-0.1, -0.05) is 0 Å². The average molecular weight is 261 g/mol. The summed E-state index contributed by atoms with van der Waals surface area (Å²) in [5.74, 6) is -1.47. The standard InChI is InChI=1S/C9H6F3N3O3/c10-9(11,12)6-3-5-8(18-4-7(16)17)13-1-2-15(5)14-6/h1-3H,4H2,(H,16,17). The van der Waals surface area contributed by atoms with Crippen LogP contribution < -0.4 is 4.74 Å². The molecular weight excluding hydrogens is 255 g/mol. The fourth-order valence-corrected chi connectivity index (χ4v) is 1.28. The smallest absolute Gasteiger partial charge is 0.435 e. The molecule has 1 N–H and O–H groups in total. The molecule has 0 aromatic carbocycles. The van der Waals surface area contributed by atoms with Crippen LogP contribution in [-0.4, -0.2) is 32.3 Å². The van der Waals surface area contributed by atoms with Crippen LogP contribution in [0.3, 0.4) is 0 Å². The number of nitrogens with zero attached hydrogens (tertiary/aromatic N) is 3. The number of carboxylic acids is 1. The topological polar surface area (TPSA) is 76.7 Å². The molecule has 2 rings (SSSR count). The largest absolute Gasteiger partial charge is 0.479 e. The highest BCUT2D eigenvalue weighted by molar-refractivity contribution is 5.69. The van der Waals surface area contributed by atoms with Gasteiger partial charge in [0.15, 0.2) is 12.3 Å². The first-order valence-corrected chi connectivity index (χ1v) is 4.64. The molecular formula is C9H6F3N3O3. The number of rotatable bonds is 3. The molecule has 96 valence electrons. The number of ether oxygens (including phenoxy) is 1. The normalized spacial score (nSPS) is 11.7. The maximum Gasteiger partial charge on any atom is 0.435 e. The Balaban J connectivity index is 2.42. The van der Waals surface area contributed by atoms with Gasteiger partial charge in [-0.3, -0.25) is 0 Å². The van der Waals surface area contributed by atoms with Crippen molar-refractivity contribution in [3.63, 3.8) is 0 Å². The van der Waals surface area contributed by atoms with E-state index in [1.54, 1.807) is 0 Å². The molecule has 2 heterocycles. The van der Waals surface area contributed by atoms with Crippen LogP contribution in [0.1, 0.15) is 5.69 Å². The summed E-state index contributed by atoms with van der Waals surface area (Å²) in [6.07, 6.45) is -2.22. The third kappa shape index (κ3) is 2.34. The Morgan fingerprint density at radius 3 is 2.83 bits per heavy atom. The molecule has 9 heteroatoms. The fourth-order valence-electron chi connectivity index (χ4n) is 1.28. The van der Waals surface area contributed by atoms with Crippen LogP contribution in [0.15, 0.2) is 18.5 Å². The highest BCUT2D eigenvalue weighted by atomic mass is 19.4. The first-order chi connectivity index (χ1) is 8.38. The molecule has 18 heavy (non-hydrogen) atoms. The summed E-state index contributed by atoms with van der Waals surface area (Å²) in [7, 11) is 0. The van der Waals surface area contributed by atoms with Crippen molar-refractivity contribution in [2.75, 3.05) is 6.61 Å². The number of hydrogen-bond acceptors (Lipinski definition) is 4. The van der Waals surface area contributed by atoms with Crippen LogP contribution in [-0.2, 0) is 11.0 Å². The molecule has 0 fully saturated rings. The summed E-state index contributed by atoms with van der Waals surface area (Å²) < 4.78 is 43.0. The third-order valence-electron chi connectivity index (χ3n) is 1.98. The third-order valence-corrected chi connectivity index (χ3v) is 1.98. The molecule has 6 nitrogen and oxygen atoms in total. The predicted molar refractivity (Wildman–Crippen MR) is 51.1 cm³/mol. The number of aliphatic carboxylic acids is 1. The van der Waals surface area contributed by atoms with Gasteiger partial charge in [0.25, 0.3) is 0 Å². The monoisotopic (exact) mass is 261 g/mol. The fraction of sp³-hybridized carbons (Fsp3) is 0.222. The van der Waals surface area contributed by atoms with Gasteiger partial charge < -0.3 is 9.84 Å². The van der Waals surface area contributed by atoms with Crippen molar-refractivity contribution in [1.82, 2.24) is 14.6 Å². The summed E-state index contributed by atoms with van der Waals surface area (Å²) >= 11 is 0. The molecule has 2 aromatic heterocycles. The molecule has 0 saturated heterocycles. The van der Waals surface area contributed by atoms with Gasteiger partial charge in [0, 0.05) is 18.5 Å². The Labute approximate surface area is 97.6 Å². The van der Waals surface area contributed by atoms with Gasteiger partial charge in [-0.05, 0) is 0 Å². The van der Waals surface area contributed by atoms with Gasteiger partial charge in [0.05, 0.1) is 0 Å². The second-order valence-electron chi connectivity index (χ2n) is 3.27. The Hall–Kier alpha value is -2.32. The van der Waals surface area contributed by atoms with Crippen molar-refractivity contribution >= 4 is 11.5 Å². The number of hydrogen-bond donors (Lipinski definition) is 1. The van der Waals surface area contributed by atoms with Crippen LogP contribution in [0, 0.1) is 0 Å². The van der Waals surface area contributed by atoms with E-state index in [4.69, 9.17) is 9.84 Å². The van der Waals surface area contributed by atoms with E-state index in [2.05, 4.69) is 10.1 Å². The quantitative estimate of drug-likeness (QED) is 0.898. The molecule has 0 atom stereocenters. The molecule has 0 aliphatic heterocycles. The summed E-state index contributed by atoms with van der Waals surface area (Å²) in [6, 6.07) is 0.740. The number of halogens is 3. The van der Waals surface area contributed by atoms with E-state index in [1.165, 1.54) is 6.20 Å². The van der Waals surface area contributed by atoms with Gasteiger partial charge in [0.2, 0.25) is 5.88 Å². The van der Waals surface area contributed by atoms with Gasteiger partial charge in [-0.25, -0.2) is 14.3 Å². The van der Waals surface area contributed by atoms with E-state index in [0.717, 1.165) is 16.8 Å². The molecule has 0 spiro atoms. The maximum absolute atomic E-state index is 12.4. The van der Waals surface area contributed by atoms with Gasteiger partial charge in [0.1, 0.15) is 5.52 Å². The predicted octanol–water partition coefficient (Wildman–Crippen LogP) is 1.21. The first-order valence-electron chi connectivity index (χ1n) is 4.64. The summed E-state index contributed by atoms with van der Waals surface area (Å²) in [5, 5.41) is 11.7. The molecule has 0 aliphatic rings. The van der Waals surface area contributed by atoms with Gasteiger partial charge >= 0.3 is 12.1 Å². The number of fused-ring (bicyclic) bond motifs is 1. The second kappa shape index (κ2) is 4.17. The molecule has 0 saturated carbocycles. The van der Waals surface area contributed by atoms with Crippen molar-refractivity contribution in [2.24, 2.45) is 0 Å². The summed E-state index contributed by atoms with van der Waals surface area (Å²) in [4.78, 5) is 14.0. The van der Waals surface area contributed by atoms with E-state index >= 15 is 0 Å². The zero-order valence-electron chi connectivity index (χ0n) is 8.68. The maximum atomic E-state index is 12.4. The average Bonchev–Trinajstić information content (AvgIpc) is 2.69. The highest BCUT2D eigenvalue weighted by Gasteiger charge is 2.34. The SMILES string of the molecule is O=C(O)COc1nccn2nc(C(F)(F)F)cc12. The second-order valence-corrected chi connectivity index (χ2v) is 3.27. The Kier molecular flexibility index (Phi) is 2.81. The van der Waals surface area contributed by atoms with Gasteiger partial charge in [-0.15, -0.1) is 0 Å². The molecule has 0 unspecified atom stereocenters. The van der Waals surface area contributed by atoms with Crippen molar-refractivity contribution in [2.45, 2.75) is 6.18 Å². The molecule has 0 amide bonds. The lowest BCUT2D eigenvalue weighted by Crippen LogP contribution is -2.10. The zero-order chi connectivity index (χ0) is 13.3. The van der Waals surface area contributed by atoms with Gasteiger partial charge in [-0.2, -0.15) is 18.3 Å². The summed E-state index contributed by atoms with van der Waals surface area (Å²) in [6.45, 7) is -0.695. The van der Waals surface area contributed by atoms with Crippen molar-refractivity contribution < 1.29 is 27.8 Å². The molecule has 0 aliphatic carbocycles. The highest BCUT2D eigenvalue weighted by Crippen LogP contribution is 2.30. The molecule has 2 aromatic rings. The number of aromatic nitrogens is 3.